The SMILES string of the molecule is COCCN=c1scc(-c2ccc(OC)cc2)n1/N=C\c1cc2c(cc1[N+](=O)[O-])OCO2. The largest absolute Gasteiger partial charge is 0.497 e. The highest BCUT2D eigenvalue weighted by Gasteiger charge is 2.22. The second-order valence-electron chi connectivity index (χ2n) is 6.58. The van der Waals surface area contributed by atoms with Gasteiger partial charge in [-0.05, 0) is 30.3 Å². The summed E-state index contributed by atoms with van der Waals surface area (Å²) >= 11 is 1.41. The molecule has 3 aromatic rings. The molecule has 4 rings (SSSR count). The van der Waals surface area contributed by atoms with Crippen molar-refractivity contribution in [1.29, 1.82) is 0 Å². The van der Waals surface area contributed by atoms with E-state index in [1.54, 1.807) is 25.0 Å². The molecule has 2 heterocycles. The van der Waals surface area contributed by atoms with Gasteiger partial charge >= 0.3 is 0 Å². The second-order valence-corrected chi connectivity index (χ2v) is 7.42. The number of aromatic nitrogens is 1. The van der Waals surface area contributed by atoms with Crippen molar-refractivity contribution in [2.45, 2.75) is 0 Å². The lowest BCUT2D eigenvalue weighted by Gasteiger charge is -2.06. The molecule has 2 aromatic carbocycles. The van der Waals surface area contributed by atoms with Gasteiger partial charge < -0.3 is 18.9 Å². The molecule has 1 aliphatic heterocycles. The van der Waals surface area contributed by atoms with Crippen LogP contribution in [-0.2, 0) is 4.74 Å². The third-order valence-corrected chi connectivity index (χ3v) is 5.50. The van der Waals surface area contributed by atoms with Gasteiger partial charge in [0.05, 0.1) is 48.7 Å². The number of methoxy groups -OCH3 is 2. The summed E-state index contributed by atoms with van der Waals surface area (Å²) in [5, 5.41) is 18.0. The molecule has 0 saturated heterocycles. The minimum atomic E-state index is -0.476. The van der Waals surface area contributed by atoms with Crippen LogP contribution >= 0.6 is 11.3 Å². The lowest BCUT2D eigenvalue weighted by atomic mass is 10.1. The Morgan fingerprint density at radius 2 is 1.97 bits per heavy atom. The summed E-state index contributed by atoms with van der Waals surface area (Å²) in [6, 6.07) is 10.4. The summed E-state index contributed by atoms with van der Waals surface area (Å²) < 4.78 is 22.6. The summed E-state index contributed by atoms with van der Waals surface area (Å²) in [4.78, 5) is 16.3. The van der Waals surface area contributed by atoms with Gasteiger partial charge in [-0.1, -0.05) is 0 Å². The molecule has 0 spiro atoms. The first-order chi connectivity index (χ1) is 15.6. The molecule has 0 N–H and O–H groups in total. The molecule has 0 fully saturated rings. The summed E-state index contributed by atoms with van der Waals surface area (Å²) in [5.74, 6) is 1.51. The van der Waals surface area contributed by atoms with E-state index in [4.69, 9.17) is 18.9 Å². The van der Waals surface area contributed by atoms with Gasteiger partial charge in [0, 0.05) is 18.1 Å². The Bertz CT molecular complexity index is 1220. The maximum absolute atomic E-state index is 11.6. The normalized spacial score (nSPS) is 13.1. The monoisotopic (exact) mass is 456 g/mol. The van der Waals surface area contributed by atoms with Crippen molar-refractivity contribution in [3.8, 4) is 28.5 Å². The predicted octanol–water partition coefficient (Wildman–Crippen LogP) is 3.29. The van der Waals surface area contributed by atoms with Crippen LogP contribution in [0.1, 0.15) is 5.56 Å². The Hall–Kier alpha value is -3.70. The van der Waals surface area contributed by atoms with Crippen molar-refractivity contribution in [3.05, 3.63) is 62.3 Å². The Balaban J connectivity index is 1.78. The van der Waals surface area contributed by atoms with Crippen molar-refractivity contribution in [2.75, 3.05) is 34.2 Å². The molecule has 0 radical (unpaired) electrons. The highest BCUT2D eigenvalue weighted by molar-refractivity contribution is 7.07. The number of rotatable bonds is 8. The molecule has 0 atom stereocenters. The zero-order valence-electron chi connectivity index (χ0n) is 17.4. The Morgan fingerprint density at radius 3 is 2.66 bits per heavy atom. The Labute approximate surface area is 187 Å². The number of hydrogen-bond donors (Lipinski definition) is 0. The van der Waals surface area contributed by atoms with E-state index in [1.165, 1.54) is 23.6 Å². The molecular weight excluding hydrogens is 436 g/mol. The van der Waals surface area contributed by atoms with Crippen molar-refractivity contribution in [3.63, 3.8) is 0 Å². The van der Waals surface area contributed by atoms with Crippen molar-refractivity contribution < 1.29 is 23.9 Å². The number of nitrogens with zero attached hydrogens (tertiary/aromatic N) is 4. The number of ether oxygens (including phenoxy) is 4. The van der Waals surface area contributed by atoms with E-state index in [-0.39, 0.29) is 12.5 Å². The summed E-state index contributed by atoms with van der Waals surface area (Å²) in [6.07, 6.45) is 1.43. The number of hydrogen-bond acceptors (Lipinski definition) is 9. The van der Waals surface area contributed by atoms with E-state index < -0.39 is 4.92 Å². The highest BCUT2D eigenvalue weighted by Crippen LogP contribution is 2.37. The van der Waals surface area contributed by atoms with Crippen LogP contribution in [0.5, 0.6) is 17.2 Å². The van der Waals surface area contributed by atoms with E-state index in [2.05, 4.69) is 10.1 Å². The van der Waals surface area contributed by atoms with E-state index >= 15 is 0 Å². The average molecular weight is 456 g/mol. The number of thiazole rings is 1. The topological polar surface area (TPSA) is 110 Å². The van der Waals surface area contributed by atoms with Crippen LogP contribution in [0.15, 0.2) is 51.9 Å². The number of nitro benzene ring substituents is 1. The zero-order chi connectivity index (χ0) is 22.5. The quantitative estimate of drug-likeness (QED) is 0.223. The molecule has 11 heteroatoms. The first kappa shape index (κ1) is 21.5. The van der Waals surface area contributed by atoms with Crippen LogP contribution in [-0.4, -0.2) is 50.0 Å². The Kier molecular flexibility index (Phi) is 6.47. The molecule has 1 aliphatic rings. The van der Waals surface area contributed by atoms with E-state index in [0.717, 1.165) is 17.0 Å². The van der Waals surface area contributed by atoms with Gasteiger partial charge in [-0.2, -0.15) is 5.10 Å². The summed E-state index contributed by atoms with van der Waals surface area (Å²) in [7, 11) is 3.22. The maximum atomic E-state index is 11.6. The first-order valence-electron chi connectivity index (χ1n) is 9.57. The van der Waals surface area contributed by atoms with Gasteiger partial charge in [0.1, 0.15) is 5.75 Å². The maximum Gasteiger partial charge on any atom is 0.282 e. The molecule has 10 nitrogen and oxygen atoms in total. The fourth-order valence-electron chi connectivity index (χ4n) is 3.04. The van der Waals surface area contributed by atoms with E-state index in [0.29, 0.717) is 35.0 Å². The molecule has 1 aromatic heterocycles. The van der Waals surface area contributed by atoms with Crippen LogP contribution < -0.4 is 19.0 Å². The molecule has 0 bridgehead atoms. The number of nitro groups is 1. The second kappa shape index (κ2) is 9.62. The van der Waals surface area contributed by atoms with Crippen LogP contribution in [0.2, 0.25) is 0 Å². The number of benzene rings is 2. The molecular formula is C21H20N4O6S. The predicted molar refractivity (Wildman–Crippen MR) is 119 cm³/mol. The van der Waals surface area contributed by atoms with Gasteiger partial charge in [-0.3, -0.25) is 15.1 Å². The van der Waals surface area contributed by atoms with Crippen molar-refractivity contribution >= 4 is 23.2 Å². The van der Waals surface area contributed by atoms with Crippen molar-refractivity contribution in [1.82, 2.24) is 4.68 Å². The van der Waals surface area contributed by atoms with Gasteiger partial charge in [-0.25, -0.2) is 4.68 Å². The highest BCUT2D eigenvalue weighted by atomic mass is 32.1. The van der Waals surface area contributed by atoms with E-state index in [9.17, 15) is 10.1 Å². The standard InChI is InChI=1S/C21H20N4O6S/c1-28-8-7-22-21-24(18(12-32-21)14-3-5-16(29-2)6-4-14)23-11-15-9-19-20(31-13-30-19)10-17(15)25(26)27/h3-6,9-12H,7-8,13H2,1-2H3/b22-21?,23-11-. The average Bonchev–Trinajstić information content (AvgIpc) is 3.43. The van der Waals surface area contributed by atoms with E-state index in [1.807, 2.05) is 29.6 Å². The Morgan fingerprint density at radius 1 is 1.22 bits per heavy atom. The fourth-order valence-corrected chi connectivity index (χ4v) is 3.90. The molecule has 32 heavy (non-hydrogen) atoms. The van der Waals surface area contributed by atoms with Crippen molar-refractivity contribution in [2.24, 2.45) is 10.1 Å². The summed E-state index contributed by atoms with van der Waals surface area (Å²) in [6.45, 7) is 0.947. The van der Waals surface area contributed by atoms with Gasteiger partial charge in [0.25, 0.3) is 5.69 Å². The fraction of sp³-hybridized carbons (Fsp3) is 0.238. The molecule has 0 unspecified atom stereocenters. The minimum absolute atomic E-state index is 0.0243. The molecule has 166 valence electrons. The van der Waals surface area contributed by atoms with Crippen LogP contribution in [0.3, 0.4) is 0 Å². The van der Waals surface area contributed by atoms with Crippen LogP contribution in [0, 0.1) is 10.1 Å². The molecule has 0 amide bonds. The van der Waals surface area contributed by atoms with Gasteiger partial charge in [0.15, 0.2) is 11.5 Å². The third kappa shape index (κ3) is 4.48. The lowest BCUT2D eigenvalue weighted by Crippen LogP contribution is -2.14. The molecule has 0 aliphatic carbocycles. The summed E-state index contributed by atoms with van der Waals surface area (Å²) in [5.41, 5.74) is 1.85. The van der Waals surface area contributed by atoms with Crippen LogP contribution in [0.4, 0.5) is 5.69 Å². The lowest BCUT2D eigenvalue weighted by molar-refractivity contribution is -0.385. The van der Waals surface area contributed by atoms with Crippen LogP contribution in [0.25, 0.3) is 11.3 Å². The number of fused-ring (bicyclic) bond motifs is 1. The van der Waals surface area contributed by atoms with Gasteiger partial charge in [-0.15, -0.1) is 11.3 Å². The van der Waals surface area contributed by atoms with Gasteiger partial charge in [0.2, 0.25) is 11.6 Å². The molecule has 0 saturated carbocycles. The minimum Gasteiger partial charge on any atom is -0.497 e. The first-order valence-corrected chi connectivity index (χ1v) is 10.5. The zero-order valence-corrected chi connectivity index (χ0v) is 18.2. The smallest absolute Gasteiger partial charge is 0.282 e. The third-order valence-electron chi connectivity index (χ3n) is 4.64.